The van der Waals surface area contributed by atoms with Crippen LogP contribution in [0.25, 0.3) is 16.9 Å². The monoisotopic (exact) mass is 497 g/mol. The number of nitrogens with zero attached hydrogens (tertiary/aromatic N) is 6. The fourth-order valence-corrected chi connectivity index (χ4v) is 4.29. The molecular formula is C24H28ClN7O3. The van der Waals surface area contributed by atoms with Gasteiger partial charge in [-0.15, -0.1) is 0 Å². The second-order valence-electron chi connectivity index (χ2n) is 8.20. The molecule has 1 aromatic carbocycles. The molecule has 5 rings (SSSR count). The third kappa shape index (κ3) is 5.72. The van der Waals surface area contributed by atoms with E-state index in [1.165, 1.54) is 11.2 Å². The molecule has 1 saturated carbocycles. The molecule has 1 aliphatic carbocycles. The lowest BCUT2D eigenvalue weighted by Gasteiger charge is -2.27. The van der Waals surface area contributed by atoms with Gasteiger partial charge in [-0.25, -0.2) is 14.5 Å². The van der Waals surface area contributed by atoms with Crippen LogP contribution in [0.3, 0.4) is 0 Å². The SMILES string of the molecule is COc1ccc(Cl)cc1-c1nn([C@H]2CCCC[C@H]2O)cc1-n1cccn1.NC(=O)N1C=NC=CC1. The third-order valence-corrected chi connectivity index (χ3v) is 6.13. The Morgan fingerprint density at radius 1 is 1.29 bits per heavy atom. The Balaban J connectivity index is 0.000000271. The smallest absolute Gasteiger partial charge is 0.320 e. The van der Waals surface area contributed by atoms with E-state index in [2.05, 4.69) is 10.1 Å². The second-order valence-corrected chi connectivity index (χ2v) is 8.63. The second kappa shape index (κ2) is 11.2. The predicted octanol–water partition coefficient (Wildman–Crippen LogP) is 3.80. The Morgan fingerprint density at radius 3 is 2.74 bits per heavy atom. The fourth-order valence-electron chi connectivity index (χ4n) is 4.12. The van der Waals surface area contributed by atoms with Crippen LogP contribution in [0.1, 0.15) is 31.7 Å². The standard InChI is InChI=1S/C19H21ClN4O2.C5H7N3O/c1-26-18-8-7-13(20)11-14(18)19-16(23-10-4-9-21-23)12-24(22-19)15-5-2-3-6-17(15)25;6-5(9)8-3-1-2-7-4-8/h4,7-12,15,17,25H,2-3,5-6H2,1H3;1-2,4H,3H2,(H2,6,9)/t15-,17+;/m0./s1. The van der Waals surface area contributed by atoms with E-state index < -0.39 is 6.03 Å². The first kappa shape index (κ1) is 24.5. The summed E-state index contributed by atoms with van der Waals surface area (Å²) in [5.41, 5.74) is 7.28. The molecule has 1 fully saturated rings. The van der Waals surface area contributed by atoms with Gasteiger partial charge in [-0.2, -0.15) is 10.2 Å². The molecule has 0 bridgehead atoms. The molecule has 2 atom stereocenters. The lowest BCUT2D eigenvalue weighted by molar-refractivity contribution is 0.0695. The highest BCUT2D eigenvalue weighted by Crippen LogP contribution is 2.37. The predicted molar refractivity (Wildman–Crippen MR) is 134 cm³/mol. The first-order valence-electron chi connectivity index (χ1n) is 11.3. The van der Waals surface area contributed by atoms with Crippen molar-refractivity contribution in [2.75, 3.05) is 13.7 Å². The zero-order valence-electron chi connectivity index (χ0n) is 19.4. The van der Waals surface area contributed by atoms with Gasteiger partial charge in [-0.3, -0.25) is 9.58 Å². The Kier molecular flexibility index (Phi) is 7.84. The van der Waals surface area contributed by atoms with E-state index in [0.717, 1.165) is 42.6 Å². The highest BCUT2D eigenvalue weighted by atomic mass is 35.5. The number of rotatable bonds is 4. The van der Waals surface area contributed by atoms with E-state index in [1.54, 1.807) is 36.3 Å². The van der Waals surface area contributed by atoms with Gasteiger partial charge in [0, 0.05) is 35.7 Å². The largest absolute Gasteiger partial charge is 0.496 e. The Hall–Kier alpha value is -3.63. The maximum atomic E-state index is 10.4. The molecule has 184 valence electrons. The van der Waals surface area contributed by atoms with Crippen LogP contribution in [0.5, 0.6) is 5.75 Å². The van der Waals surface area contributed by atoms with E-state index >= 15 is 0 Å². The minimum atomic E-state index is -0.469. The number of carbonyl (C=O) groups excluding carboxylic acids is 1. The van der Waals surface area contributed by atoms with E-state index in [0.29, 0.717) is 17.3 Å². The van der Waals surface area contributed by atoms with Crippen molar-refractivity contribution in [3.63, 3.8) is 0 Å². The van der Waals surface area contributed by atoms with Crippen molar-refractivity contribution in [3.05, 3.63) is 60.2 Å². The molecule has 3 aromatic rings. The number of nitrogens with two attached hydrogens (primary N) is 1. The van der Waals surface area contributed by atoms with Gasteiger partial charge in [-0.05, 0) is 43.2 Å². The number of aliphatic hydroxyl groups is 1. The molecule has 0 radical (unpaired) electrons. The zero-order valence-corrected chi connectivity index (χ0v) is 20.1. The minimum Gasteiger partial charge on any atom is -0.496 e. The number of aliphatic hydroxyl groups excluding tert-OH is 1. The van der Waals surface area contributed by atoms with Gasteiger partial charge in [0.2, 0.25) is 0 Å². The molecule has 2 amide bonds. The average molecular weight is 498 g/mol. The van der Waals surface area contributed by atoms with E-state index in [9.17, 15) is 9.90 Å². The molecule has 10 nitrogen and oxygen atoms in total. The maximum Gasteiger partial charge on any atom is 0.320 e. The number of methoxy groups -OCH3 is 1. The lowest BCUT2D eigenvalue weighted by atomic mass is 9.93. The molecule has 1 aliphatic heterocycles. The van der Waals surface area contributed by atoms with Crippen molar-refractivity contribution in [2.24, 2.45) is 10.7 Å². The number of ether oxygens (including phenoxy) is 1. The highest BCUT2D eigenvalue weighted by molar-refractivity contribution is 6.31. The van der Waals surface area contributed by atoms with Crippen LogP contribution >= 0.6 is 11.6 Å². The van der Waals surface area contributed by atoms with Crippen LogP contribution in [0, 0.1) is 0 Å². The molecule has 2 aliphatic rings. The summed E-state index contributed by atoms with van der Waals surface area (Å²) in [6.07, 6.45) is 13.8. The molecule has 11 heteroatoms. The number of urea groups is 1. The quantitative estimate of drug-likeness (QED) is 0.567. The topological polar surface area (TPSA) is 124 Å². The summed E-state index contributed by atoms with van der Waals surface area (Å²) in [6, 6.07) is 6.83. The van der Waals surface area contributed by atoms with Crippen molar-refractivity contribution >= 4 is 24.0 Å². The van der Waals surface area contributed by atoms with Crippen LogP contribution in [-0.4, -0.2) is 61.7 Å². The number of aromatic nitrogens is 4. The van der Waals surface area contributed by atoms with Gasteiger partial charge >= 0.3 is 6.03 Å². The summed E-state index contributed by atoms with van der Waals surface area (Å²) >= 11 is 6.23. The van der Waals surface area contributed by atoms with Crippen LogP contribution in [0.15, 0.2) is 60.1 Å². The van der Waals surface area contributed by atoms with Crippen molar-refractivity contribution in [1.29, 1.82) is 0 Å². The molecule has 2 aromatic heterocycles. The van der Waals surface area contributed by atoms with Gasteiger partial charge in [0.25, 0.3) is 0 Å². The van der Waals surface area contributed by atoms with Crippen LogP contribution < -0.4 is 10.5 Å². The Morgan fingerprint density at radius 2 is 2.11 bits per heavy atom. The van der Waals surface area contributed by atoms with Crippen molar-refractivity contribution in [1.82, 2.24) is 24.5 Å². The summed E-state index contributed by atoms with van der Waals surface area (Å²) in [5, 5.41) is 20.2. The highest BCUT2D eigenvalue weighted by Gasteiger charge is 2.28. The maximum absolute atomic E-state index is 10.4. The molecule has 3 N–H and O–H groups in total. The Bertz CT molecular complexity index is 1210. The summed E-state index contributed by atoms with van der Waals surface area (Å²) in [5.74, 6) is 0.692. The van der Waals surface area contributed by atoms with Crippen molar-refractivity contribution < 1.29 is 14.6 Å². The Labute approximate surface area is 208 Å². The molecular weight excluding hydrogens is 470 g/mol. The zero-order chi connectivity index (χ0) is 24.8. The van der Waals surface area contributed by atoms with Gasteiger partial charge in [0.05, 0.1) is 31.8 Å². The fraction of sp³-hybridized carbons (Fsp3) is 0.333. The van der Waals surface area contributed by atoms with Crippen LogP contribution in [-0.2, 0) is 0 Å². The third-order valence-electron chi connectivity index (χ3n) is 5.90. The summed E-state index contributed by atoms with van der Waals surface area (Å²) in [7, 11) is 1.63. The van der Waals surface area contributed by atoms with Crippen LogP contribution in [0.2, 0.25) is 5.02 Å². The summed E-state index contributed by atoms with van der Waals surface area (Å²) in [4.78, 5) is 15.4. The first-order valence-corrected chi connectivity index (χ1v) is 11.7. The number of carbonyl (C=O) groups is 1. The first-order chi connectivity index (χ1) is 17.0. The number of primary amides is 1. The van der Waals surface area contributed by atoms with E-state index in [1.807, 2.05) is 35.3 Å². The van der Waals surface area contributed by atoms with E-state index in [4.69, 9.17) is 27.2 Å². The van der Waals surface area contributed by atoms with Gasteiger partial charge in [-0.1, -0.05) is 24.4 Å². The van der Waals surface area contributed by atoms with Gasteiger partial charge in [0.15, 0.2) is 0 Å². The van der Waals surface area contributed by atoms with Crippen LogP contribution in [0.4, 0.5) is 4.79 Å². The summed E-state index contributed by atoms with van der Waals surface area (Å²) in [6.45, 7) is 0.527. The lowest BCUT2D eigenvalue weighted by Crippen LogP contribution is -2.35. The normalized spacial score (nSPS) is 19.2. The molecule has 0 spiro atoms. The number of aliphatic imine (C=N–C) groups is 1. The molecule has 3 heterocycles. The number of hydrogen-bond donors (Lipinski definition) is 2. The number of amides is 2. The number of benzene rings is 1. The van der Waals surface area contributed by atoms with Gasteiger partial charge in [0.1, 0.15) is 17.1 Å². The molecule has 35 heavy (non-hydrogen) atoms. The van der Waals surface area contributed by atoms with Gasteiger partial charge < -0.3 is 15.6 Å². The average Bonchev–Trinajstić information content (AvgIpc) is 3.55. The summed E-state index contributed by atoms with van der Waals surface area (Å²) < 4.78 is 9.16. The van der Waals surface area contributed by atoms with Crippen molar-refractivity contribution in [3.8, 4) is 22.7 Å². The van der Waals surface area contributed by atoms with Crippen molar-refractivity contribution in [2.45, 2.75) is 37.8 Å². The molecule has 0 unspecified atom stereocenters. The van der Waals surface area contributed by atoms with E-state index in [-0.39, 0.29) is 12.1 Å². The minimum absolute atomic E-state index is 0.0306. The number of halogens is 1. The molecule has 0 saturated heterocycles. The number of hydrogen-bond acceptors (Lipinski definition) is 6.